The predicted octanol–water partition coefficient (Wildman–Crippen LogP) is 9.48. The van der Waals surface area contributed by atoms with Crippen LogP contribution in [0, 0.1) is 17.8 Å². The molecule has 3 aromatic carbocycles. The van der Waals surface area contributed by atoms with Gasteiger partial charge in [-0.3, -0.25) is 0 Å². The van der Waals surface area contributed by atoms with Gasteiger partial charge in [0, 0.05) is 23.8 Å². The van der Waals surface area contributed by atoms with Crippen molar-refractivity contribution in [2.45, 2.75) is 56.5 Å². The van der Waals surface area contributed by atoms with Crippen molar-refractivity contribution in [3.05, 3.63) is 129 Å². The minimum Gasteiger partial charge on any atom is -0.501 e. The summed E-state index contributed by atoms with van der Waals surface area (Å²) < 4.78 is 17.3. The van der Waals surface area contributed by atoms with Crippen LogP contribution in [0.3, 0.4) is 0 Å². The third kappa shape index (κ3) is 3.73. The van der Waals surface area contributed by atoms with Crippen molar-refractivity contribution in [2.24, 2.45) is 17.8 Å². The summed E-state index contributed by atoms with van der Waals surface area (Å²) in [4.78, 5) is 0. The Morgan fingerprint density at radius 1 is 0.884 bits per heavy atom. The fraction of sp³-hybridized carbons (Fsp3) is 0.350. The fourth-order valence-corrected chi connectivity index (χ4v) is 9.69. The van der Waals surface area contributed by atoms with Crippen molar-refractivity contribution in [3.63, 3.8) is 0 Å². The molecule has 0 amide bonds. The van der Waals surface area contributed by atoms with Gasteiger partial charge >= 0.3 is 0 Å². The highest BCUT2D eigenvalue weighted by molar-refractivity contribution is 5.97. The Bertz CT molecular complexity index is 1800. The Hall–Kier alpha value is -3.98. The number of allylic oxidation sites excluding steroid dienone is 8. The monoisotopic (exact) mass is 566 g/mol. The molecule has 0 radical (unpaired) electrons. The summed E-state index contributed by atoms with van der Waals surface area (Å²) >= 11 is 0. The van der Waals surface area contributed by atoms with Crippen LogP contribution in [-0.2, 0) is 16.1 Å². The molecule has 1 heterocycles. The van der Waals surface area contributed by atoms with Crippen LogP contribution >= 0.6 is 0 Å². The van der Waals surface area contributed by atoms with Crippen LogP contribution in [0.25, 0.3) is 16.8 Å². The average molecular weight is 567 g/mol. The zero-order valence-corrected chi connectivity index (χ0v) is 25.0. The Kier molecular flexibility index (Phi) is 5.80. The summed E-state index contributed by atoms with van der Waals surface area (Å²) in [6.07, 6.45) is 19.8. The van der Waals surface area contributed by atoms with Gasteiger partial charge in [-0.05, 0) is 118 Å². The molecule has 0 saturated heterocycles. The first-order valence-electron chi connectivity index (χ1n) is 16.1. The highest BCUT2D eigenvalue weighted by Crippen LogP contribution is 2.67. The van der Waals surface area contributed by atoms with Gasteiger partial charge in [0.25, 0.3) is 0 Å². The average Bonchev–Trinajstić information content (AvgIpc) is 3.67. The Morgan fingerprint density at radius 2 is 1.79 bits per heavy atom. The summed E-state index contributed by atoms with van der Waals surface area (Å²) in [6, 6.07) is 18.6. The van der Waals surface area contributed by atoms with E-state index in [0.29, 0.717) is 42.1 Å². The second-order valence-corrected chi connectivity index (χ2v) is 13.3. The lowest BCUT2D eigenvalue weighted by molar-refractivity contribution is 0.236. The van der Waals surface area contributed by atoms with Gasteiger partial charge in [-0.2, -0.15) is 0 Å². The van der Waals surface area contributed by atoms with Crippen LogP contribution in [0.15, 0.2) is 102 Å². The maximum absolute atomic E-state index is 5.86. The summed E-state index contributed by atoms with van der Waals surface area (Å²) in [6.45, 7) is 0.643. The van der Waals surface area contributed by atoms with Gasteiger partial charge in [-0.1, -0.05) is 60.2 Å². The van der Waals surface area contributed by atoms with E-state index in [-0.39, 0.29) is 0 Å². The lowest BCUT2D eigenvalue weighted by Gasteiger charge is -2.48. The van der Waals surface area contributed by atoms with E-state index >= 15 is 0 Å². The van der Waals surface area contributed by atoms with Gasteiger partial charge in [0.05, 0.1) is 26.2 Å². The van der Waals surface area contributed by atoms with Crippen LogP contribution in [0.1, 0.15) is 77.7 Å². The van der Waals surface area contributed by atoms with Gasteiger partial charge in [0.2, 0.25) is 0 Å². The zero-order chi connectivity index (χ0) is 28.7. The Balaban J connectivity index is 1.34. The van der Waals surface area contributed by atoms with Gasteiger partial charge in [-0.15, -0.1) is 0 Å². The van der Waals surface area contributed by atoms with Gasteiger partial charge in [0.1, 0.15) is 12.4 Å². The summed E-state index contributed by atoms with van der Waals surface area (Å²) in [7, 11) is 3.60. The molecule has 6 aliphatic rings. The third-order valence-electron chi connectivity index (χ3n) is 11.5. The molecule has 3 nitrogen and oxygen atoms in total. The fourth-order valence-electron chi connectivity index (χ4n) is 9.69. The normalized spacial score (nSPS) is 29.7. The number of methoxy groups -OCH3 is 2. The highest BCUT2D eigenvalue weighted by atomic mass is 16.5. The molecule has 0 bridgehead atoms. The molecule has 0 fully saturated rings. The van der Waals surface area contributed by atoms with E-state index in [0.717, 1.165) is 30.8 Å². The van der Waals surface area contributed by atoms with Crippen molar-refractivity contribution < 1.29 is 14.2 Å². The summed E-state index contributed by atoms with van der Waals surface area (Å²) in [5, 5.41) is 2.86. The Morgan fingerprint density at radius 3 is 2.63 bits per heavy atom. The Labute approximate surface area is 254 Å². The number of hydrogen-bond donors (Lipinski definition) is 0. The molecular formula is C40H38O3. The second-order valence-electron chi connectivity index (χ2n) is 13.3. The molecule has 6 atom stereocenters. The van der Waals surface area contributed by atoms with Crippen LogP contribution < -0.4 is 4.74 Å². The van der Waals surface area contributed by atoms with Crippen molar-refractivity contribution in [3.8, 4) is 5.75 Å². The molecule has 3 heteroatoms. The third-order valence-corrected chi connectivity index (χ3v) is 11.5. The first-order valence-corrected chi connectivity index (χ1v) is 16.1. The number of rotatable bonds is 4. The SMILES string of the molecule is COC1=CC(C2C3=C(C[C@@H]4CCC=CC4=C3)C(c3ccc(OC)cc3)C3c4cc5c(c6cccc(c46)C23)COC=C5)CC1. The van der Waals surface area contributed by atoms with Gasteiger partial charge in [0.15, 0.2) is 0 Å². The van der Waals surface area contributed by atoms with Crippen molar-refractivity contribution in [1.82, 2.24) is 0 Å². The van der Waals surface area contributed by atoms with E-state index in [1.807, 2.05) is 13.4 Å². The van der Waals surface area contributed by atoms with Crippen molar-refractivity contribution in [2.75, 3.05) is 14.2 Å². The van der Waals surface area contributed by atoms with Crippen molar-refractivity contribution in [1.29, 1.82) is 0 Å². The van der Waals surface area contributed by atoms with E-state index in [9.17, 15) is 0 Å². The topological polar surface area (TPSA) is 27.7 Å². The van der Waals surface area contributed by atoms with Crippen LogP contribution in [0.5, 0.6) is 5.75 Å². The first kappa shape index (κ1) is 25.5. The van der Waals surface area contributed by atoms with E-state index in [1.165, 1.54) is 51.4 Å². The van der Waals surface area contributed by atoms with E-state index in [2.05, 4.69) is 78.9 Å². The summed E-state index contributed by atoms with van der Waals surface area (Å²) in [5.74, 6) is 4.69. The molecule has 0 aromatic heterocycles. The number of benzene rings is 3. The molecule has 43 heavy (non-hydrogen) atoms. The van der Waals surface area contributed by atoms with E-state index in [1.54, 1.807) is 23.8 Å². The molecule has 3 aromatic rings. The number of fused-ring (bicyclic) bond motifs is 6. The van der Waals surface area contributed by atoms with Crippen molar-refractivity contribution >= 4 is 16.8 Å². The molecular weight excluding hydrogens is 528 g/mol. The highest BCUT2D eigenvalue weighted by Gasteiger charge is 2.53. The van der Waals surface area contributed by atoms with Gasteiger partial charge < -0.3 is 14.2 Å². The van der Waals surface area contributed by atoms with Gasteiger partial charge in [-0.25, -0.2) is 0 Å². The number of ether oxygens (including phenoxy) is 3. The molecule has 0 N–H and O–H groups in total. The lowest BCUT2D eigenvalue weighted by Crippen LogP contribution is -2.36. The van der Waals surface area contributed by atoms with E-state index in [4.69, 9.17) is 14.2 Å². The van der Waals surface area contributed by atoms with E-state index < -0.39 is 0 Å². The standard InChI is InChI=1S/C40H38O3/c1-41-28-13-10-23(11-14-28)36-32-19-24-6-3-4-7-25(24)20-33(32)37(27-12-15-29(18-27)42-2)39-31-9-5-8-30-35-22-43-17-16-26(35)21-34(38(30)31)40(36)39/h4-5,7-11,13-14,16-18,20-21,24,27,36-37,39-40H,3,6,12,15,19,22H2,1-2H3/t24-,27?,36?,37?,39?,40?/m0/s1. The summed E-state index contributed by atoms with van der Waals surface area (Å²) in [5.41, 5.74) is 12.0. The van der Waals surface area contributed by atoms with Crippen LogP contribution in [0.2, 0.25) is 0 Å². The molecule has 9 rings (SSSR count). The molecule has 216 valence electrons. The number of hydrogen-bond acceptors (Lipinski definition) is 3. The smallest absolute Gasteiger partial charge is 0.118 e. The minimum atomic E-state index is 0.329. The molecule has 1 aliphatic heterocycles. The molecule has 5 aliphatic carbocycles. The molecule has 5 unspecified atom stereocenters. The van der Waals surface area contributed by atoms with Crippen LogP contribution in [-0.4, -0.2) is 14.2 Å². The predicted molar refractivity (Wildman–Crippen MR) is 172 cm³/mol. The first-order chi connectivity index (χ1) is 21.2. The zero-order valence-electron chi connectivity index (χ0n) is 25.0. The largest absolute Gasteiger partial charge is 0.501 e. The quantitative estimate of drug-likeness (QED) is 0.315. The van der Waals surface area contributed by atoms with Crippen LogP contribution in [0.4, 0.5) is 0 Å². The second kappa shape index (κ2) is 9.77. The minimum absolute atomic E-state index is 0.329. The maximum atomic E-state index is 5.86. The lowest BCUT2D eigenvalue weighted by atomic mass is 9.55. The molecule has 0 saturated carbocycles. The maximum Gasteiger partial charge on any atom is 0.118 e. The molecule has 0 spiro atoms.